The van der Waals surface area contributed by atoms with Crippen molar-refractivity contribution in [3.63, 3.8) is 0 Å². The van der Waals surface area contributed by atoms with Crippen LogP contribution >= 0.6 is 11.8 Å². The molecule has 0 aliphatic heterocycles. The maximum absolute atomic E-state index is 11.9. The van der Waals surface area contributed by atoms with Crippen molar-refractivity contribution in [1.29, 1.82) is 0 Å². The number of anilines is 1. The number of hydrogen-bond acceptors (Lipinski definition) is 5. The Morgan fingerprint density at radius 3 is 2.74 bits per heavy atom. The first kappa shape index (κ1) is 13.4. The van der Waals surface area contributed by atoms with Gasteiger partial charge in [0.1, 0.15) is 0 Å². The molecule has 0 atom stereocenters. The van der Waals surface area contributed by atoms with Crippen molar-refractivity contribution in [3.8, 4) is 6.01 Å². The smallest absolute Gasteiger partial charge is 0.336 e. The molecule has 0 fully saturated rings. The molecular weight excluding hydrogens is 264 g/mol. The summed E-state index contributed by atoms with van der Waals surface area (Å²) in [5, 5.41) is 8.92. The monoisotopic (exact) mass is 278 g/mol. The zero-order valence-corrected chi connectivity index (χ0v) is 11.5. The summed E-state index contributed by atoms with van der Waals surface area (Å²) in [6, 6.07) is 7.63. The van der Waals surface area contributed by atoms with Crippen LogP contribution in [-0.4, -0.2) is 34.5 Å². The molecule has 0 spiro atoms. The van der Waals surface area contributed by atoms with Gasteiger partial charge in [-0.3, -0.25) is 10.1 Å². The fourth-order valence-electron chi connectivity index (χ4n) is 1.49. The van der Waals surface area contributed by atoms with Gasteiger partial charge in [-0.15, -0.1) is 5.10 Å². The minimum absolute atomic E-state index is 0.186. The van der Waals surface area contributed by atoms with Crippen LogP contribution in [0.25, 0.3) is 0 Å². The van der Waals surface area contributed by atoms with Crippen LogP contribution in [-0.2, 0) is 5.75 Å². The number of benzene rings is 1. The summed E-state index contributed by atoms with van der Waals surface area (Å²) in [5.74, 6) is 0.950. The van der Waals surface area contributed by atoms with Crippen molar-refractivity contribution in [2.45, 2.75) is 5.75 Å². The summed E-state index contributed by atoms with van der Waals surface area (Å²) < 4.78 is 4.82. The lowest BCUT2D eigenvalue weighted by molar-refractivity contribution is 0.102. The number of hydrogen-bond donors (Lipinski definition) is 2. The third kappa shape index (κ3) is 3.47. The van der Waals surface area contributed by atoms with E-state index in [-0.39, 0.29) is 17.9 Å². The quantitative estimate of drug-likeness (QED) is 0.873. The summed E-state index contributed by atoms with van der Waals surface area (Å²) in [6.45, 7) is 0. The lowest BCUT2D eigenvalue weighted by atomic mass is 10.1. The van der Waals surface area contributed by atoms with Gasteiger partial charge in [-0.1, -0.05) is 12.1 Å². The first-order valence-corrected chi connectivity index (χ1v) is 6.98. The van der Waals surface area contributed by atoms with Gasteiger partial charge in [0.05, 0.1) is 7.11 Å². The molecule has 1 amide bonds. The van der Waals surface area contributed by atoms with Crippen molar-refractivity contribution in [1.82, 2.24) is 15.2 Å². The number of amides is 1. The lowest BCUT2D eigenvalue weighted by Crippen LogP contribution is -2.12. The van der Waals surface area contributed by atoms with Crippen molar-refractivity contribution in [2.24, 2.45) is 0 Å². The number of thioether (sulfide) groups is 1. The van der Waals surface area contributed by atoms with Crippen molar-refractivity contribution in [3.05, 3.63) is 35.4 Å². The van der Waals surface area contributed by atoms with Crippen LogP contribution in [0.15, 0.2) is 24.3 Å². The normalized spacial score (nSPS) is 10.2. The number of methoxy groups -OCH3 is 1. The number of nitrogens with zero attached hydrogens (tertiary/aromatic N) is 2. The van der Waals surface area contributed by atoms with Gasteiger partial charge in [-0.2, -0.15) is 16.7 Å². The summed E-state index contributed by atoms with van der Waals surface area (Å²) in [6.07, 6.45) is 2.04. The SMILES string of the molecule is COc1n[nH]c(NC(=O)c2ccc(CSC)cc2)n1. The number of ether oxygens (including phenoxy) is 1. The highest BCUT2D eigenvalue weighted by Crippen LogP contribution is 2.12. The van der Waals surface area contributed by atoms with E-state index in [0.717, 1.165) is 5.75 Å². The van der Waals surface area contributed by atoms with Crippen LogP contribution in [0.3, 0.4) is 0 Å². The average Bonchev–Trinajstić information content (AvgIpc) is 2.87. The number of carbonyl (C=O) groups is 1. The molecule has 2 N–H and O–H groups in total. The first-order chi connectivity index (χ1) is 9.22. The topological polar surface area (TPSA) is 79.9 Å². The molecule has 2 aromatic rings. The van der Waals surface area contributed by atoms with Crippen molar-refractivity contribution < 1.29 is 9.53 Å². The van der Waals surface area contributed by atoms with Gasteiger partial charge in [0.15, 0.2) is 0 Å². The summed E-state index contributed by atoms with van der Waals surface area (Å²) in [4.78, 5) is 15.9. The molecule has 1 heterocycles. The van der Waals surface area contributed by atoms with Crippen LogP contribution in [0.5, 0.6) is 6.01 Å². The van der Waals surface area contributed by atoms with E-state index in [0.29, 0.717) is 5.56 Å². The molecule has 0 unspecified atom stereocenters. The number of aromatic nitrogens is 3. The molecule has 7 heteroatoms. The highest BCUT2D eigenvalue weighted by Gasteiger charge is 2.09. The Labute approximate surface area is 115 Å². The van der Waals surface area contributed by atoms with Crippen LogP contribution in [0.4, 0.5) is 5.95 Å². The van der Waals surface area contributed by atoms with E-state index in [4.69, 9.17) is 4.74 Å². The number of nitrogens with one attached hydrogen (secondary N) is 2. The van der Waals surface area contributed by atoms with E-state index in [1.807, 2.05) is 18.4 Å². The van der Waals surface area contributed by atoms with E-state index in [2.05, 4.69) is 20.5 Å². The highest BCUT2D eigenvalue weighted by atomic mass is 32.2. The fraction of sp³-hybridized carbons (Fsp3) is 0.250. The molecule has 1 aromatic carbocycles. The molecule has 0 bridgehead atoms. The molecule has 100 valence electrons. The molecule has 2 rings (SSSR count). The predicted octanol–water partition coefficient (Wildman–Crippen LogP) is 1.93. The van der Waals surface area contributed by atoms with Gasteiger partial charge in [0.2, 0.25) is 5.95 Å². The Morgan fingerprint density at radius 2 is 2.16 bits per heavy atom. The largest absolute Gasteiger partial charge is 0.466 e. The van der Waals surface area contributed by atoms with Gasteiger partial charge in [0.25, 0.3) is 5.91 Å². The molecule has 1 aromatic heterocycles. The van der Waals surface area contributed by atoms with Crippen molar-refractivity contribution >= 4 is 23.6 Å². The number of carbonyl (C=O) groups excluding carboxylic acids is 1. The van der Waals surface area contributed by atoms with Crippen molar-refractivity contribution in [2.75, 3.05) is 18.7 Å². The lowest BCUT2D eigenvalue weighted by Gasteiger charge is -2.03. The van der Waals surface area contributed by atoms with Gasteiger partial charge >= 0.3 is 6.01 Å². The van der Waals surface area contributed by atoms with Gasteiger partial charge in [0, 0.05) is 11.3 Å². The van der Waals surface area contributed by atoms with E-state index in [1.165, 1.54) is 12.7 Å². The van der Waals surface area contributed by atoms with E-state index in [1.54, 1.807) is 23.9 Å². The van der Waals surface area contributed by atoms with Crippen LogP contribution in [0, 0.1) is 0 Å². The molecular formula is C12H14N4O2S. The Morgan fingerprint density at radius 1 is 1.42 bits per heavy atom. The second-order valence-electron chi connectivity index (χ2n) is 3.75. The number of rotatable bonds is 5. The molecule has 0 saturated carbocycles. The number of aromatic amines is 1. The minimum Gasteiger partial charge on any atom is -0.466 e. The Hall–Kier alpha value is -2.02. The molecule has 0 radical (unpaired) electrons. The van der Waals surface area contributed by atoms with Gasteiger partial charge < -0.3 is 4.74 Å². The number of H-pyrrole nitrogens is 1. The average molecular weight is 278 g/mol. The Bertz CT molecular complexity index is 553. The second-order valence-corrected chi connectivity index (χ2v) is 4.62. The maximum Gasteiger partial charge on any atom is 0.336 e. The predicted molar refractivity (Wildman–Crippen MR) is 74.5 cm³/mol. The molecule has 0 aliphatic carbocycles. The van der Waals surface area contributed by atoms with Gasteiger partial charge in [-0.25, -0.2) is 5.10 Å². The maximum atomic E-state index is 11.9. The molecule has 0 saturated heterocycles. The van der Waals surface area contributed by atoms with E-state index < -0.39 is 0 Å². The van der Waals surface area contributed by atoms with Crippen LogP contribution in [0.1, 0.15) is 15.9 Å². The standard InChI is InChI=1S/C12H14N4O2S/c1-18-12-14-11(15-16-12)13-10(17)9-5-3-8(4-6-9)7-19-2/h3-6H,7H2,1-2H3,(H2,13,14,15,16,17). The van der Waals surface area contributed by atoms with Crippen LogP contribution in [0.2, 0.25) is 0 Å². The molecule has 19 heavy (non-hydrogen) atoms. The zero-order chi connectivity index (χ0) is 13.7. The fourth-order valence-corrected chi connectivity index (χ4v) is 2.02. The molecule has 6 nitrogen and oxygen atoms in total. The summed E-state index contributed by atoms with van der Waals surface area (Å²) >= 11 is 1.74. The third-order valence-electron chi connectivity index (χ3n) is 2.41. The molecule has 0 aliphatic rings. The Balaban J connectivity index is 2.02. The third-order valence-corrected chi connectivity index (χ3v) is 3.03. The second kappa shape index (κ2) is 6.24. The summed E-state index contributed by atoms with van der Waals surface area (Å²) in [5.41, 5.74) is 1.76. The first-order valence-electron chi connectivity index (χ1n) is 5.58. The summed E-state index contributed by atoms with van der Waals surface area (Å²) in [7, 11) is 1.46. The van der Waals surface area contributed by atoms with Gasteiger partial charge in [-0.05, 0) is 24.0 Å². The Kier molecular flexibility index (Phi) is 4.40. The minimum atomic E-state index is -0.241. The van der Waals surface area contributed by atoms with E-state index in [9.17, 15) is 4.79 Å². The highest BCUT2D eigenvalue weighted by molar-refractivity contribution is 7.97. The van der Waals surface area contributed by atoms with Crippen LogP contribution < -0.4 is 10.1 Å². The zero-order valence-electron chi connectivity index (χ0n) is 10.6. The van der Waals surface area contributed by atoms with E-state index >= 15 is 0 Å².